The van der Waals surface area contributed by atoms with E-state index in [4.69, 9.17) is 23.2 Å². The second kappa shape index (κ2) is 7.87. The number of urea groups is 1. The van der Waals surface area contributed by atoms with Crippen LogP contribution in [0.15, 0.2) is 42.1 Å². The van der Waals surface area contributed by atoms with Crippen LogP contribution >= 0.6 is 23.2 Å². The molecule has 7 nitrogen and oxygen atoms in total. The van der Waals surface area contributed by atoms with Crippen LogP contribution in [0.4, 0.5) is 14.9 Å². The average Bonchev–Trinajstić information content (AvgIpc) is 2.89. The summed E-state index contributed by atoms with van der Waals surface area (Å²) in [6.07, 6.45) is 1.30. The molecule has 3 N–H and O–H groups in total. The zero-order chi connectivity index (χ0) is 20.4. The molecule has 10 heteroatoms. The van der Waals surface area contributed by atoms with Crippen LogP contribution in [0.1, 0.15) is 5.56 Å². The molecular weight excluding hydrogens is 412 g/mol. The van der Waals surface area contributed by atoms with E-state index in [2.05, 4.69) is 10.6 Å². The lowest BCUT2D eigenvalue weighted by Crippen LogP contribution is -2.38. The van der Waals surface area contributed by atoms with Crippen LogP contribution < -0.4 is 10.6 Å². The summed E-state index contributed by atoms with van der Waals surface area (Å²) in [6, 6.07) is 7.39. The zero-order valence-corrected chi connectivity index (χ0v) is 15.5. The molecule has 3 rings (SSSR count). The van der Waals surface area contributed by atoms with Crippen LogP contribution in [0.2, 0.25) is 10.0 Å². The number of para-hydroxylation sites is 1. The van der Waals surface area contributed by atoms with Gasteiger partial charge in [-0.15, -0.1) is 0 Å². The third-order valence-electron chi connectivity index (χ3n) is 3.76. The van der Waals surface area contributed by atoms with E-state index in [0.29, 0.717) is 10.5 Å². The molecule has 0 bridgehead atoms. The number of phenols is 1. The van der Waals surface area contributed by atoms with Crippen molar-refractivity contribution in [2.45, 2.75) is 0 Å². The van der Waals surface area contributed by atoms with Crippen molar-refractivity contribution in [1.29, 1.82) is 0 Å². The molecule has 1 heterocycles. The summed E-state index contributed by atoms with van der Waals surface area (Å²) in [5.41, 5.74) is 0.180. The van der Waals surface area contributed by atoms with Crippen molar-refractivity contribution in [2.24, 2.45) is 0 Å². The number of amides is 4. The fourth-order valence-electron chi connectivity index (χ4n) is 2.45. The third-order valence-corrected chi connectivity index (χ3v) is 4.34. The van der Waals surface area contributed by atoms with E-state index in [9.17, 15) is 23.9 Å². The number of rotatable bonds is 4. The summed E-state index contributed by atoms with van der Waals surface area (Å²) >= 11 is 11.7. The molecule has 2 aromatic carbocycles. The molecule has 0 spiro atoms. The molecule has 0 aromatic heterocycles. The summed E-state index contributed by atoms with van der Waals surface area (Å²) in [5, 5.41) is 14.1. The van der Waals surface area contributed by atoms with Crippen molar-refractivity contribution in [2.75, 3.05) is 11.9 Å². The van der Waals surface area contributed by atoms with Gasteiger partial charge in [0.2, 0.25) is 5.91 Å². The van der Waals surface area contributed by atoms with E-state index < -0.39 is 30.2 Å². The van der Waals surface area contributed by atoms with E-state index >= 15 is 0 Å². The fourth-order valence-corrected chi connectivity index (χ4v) is 2.95. The van der Waals surface area contributed by atoms with Gasteiger partial charge in [-0.1, -0.05) is 35.3 Å². The van der Waals surface area contributed by atoms with Gasteiger partial charge in [0.15, 0.2) is 5.75 Å². The maximum atomic E-state index is 13.6. The lowest BCUT2D eigenvalue weighted by molar-refractivity contribution is -0.127. The molecule has 1 aliphatic heterocycles. The molecule has 1 aliphatic rings. The Hall–Kier alpha value is -3.10. The van der Waals surface area contributed by atoms with Gasteiger partial charge in [0.1, 0.15) is 18.1 Å². The molecule has 0 unspecified atom stereocenters. The summed E-state index contributed by atoms with van der Waals surface area (Å²) in [5.74, 6) is -2.45. The van der Waals surface area contributed by atoms with Crippen LogP contribution in [-0.2, 0) is 9.59 Å². The van der Waals surface area contributed by atoms with E-state index in [0.717, 1.165) is 6.07 Å². The molecule has 28 heavy (non-hydrogen) atoms. The van der Waals surface area contributed by atoms with Gasteiger partial charge in [0.25, 0.3) is 5.91 Å². The van der Waals surface area contributed by atoms with Gasteiger partial charge in [0.05, 0.1) is 15.7 Å². The molecule has 1 saturated heterocycles. The summed E-state index contributed by atoms with van der Waals surface area (Å²) in [4.78, 5) is 37.2. The Labute approximate surface area is 168 Å². The maximum Gasteiger partial charge on any atom is 0.329 e. The lowest BCUT2D eigenvalue weighted by atomic mass is 10.2. The van der Waals surface area contributed by atoms with E-state index in [1.54, 1.807) is 0 Å². The Morgan fingerprint density at radius 2 is 1.86 bits per heavy atom. The van der Waals surface area contributed by atoms with Crippen molar-refractivity contribution in [3.8, 4) is 5.75 Å². The molecule has 1 fully saturated rings. The highest BCUT2D eigenvalue weighted by Crippen LogP contribution is 2.33. The van der Waals surface area contributed by atoms with E-state index in [-0.39, 0.29) is 27.2 Å². The largest absolute Gasteiger partial charge is 0.505 e. The van der Waals surface area contributed by atoms with Crippen LogP contribution in [0.25, 0.3) is 6.08 Å². The van der Waals surface area contributed by atoms with Crippen LogP contribution in [0, 0.1) is 5.82 Å². The quantitative estimate of drug-likeness (QED) is 0.518. The number of imide groups is 1. The minimum atomic E-state index is -0.809. The number of benzene rings is 2. The Bertz CT molecular complexity index is 1000. The minimum absolute atomic E-state index is 0.0303. The number of nitrogens with zero attached hydrogens (tertiary/aromatic N) is 1. The number of hydrogen-bond acceptors (Lipinski definition) is 4. The first-order valence-electron chi connectivity index (χ1n) is 7.83. The number of nitrogens with one attached hydrogen (secondary N) is 2. The van der Waals surface area contributed by atoms with E-state index in [1.165, 1.54) is 36.4 Å². The minimum Gasteiger partial charge on any atom is -0.505 e. The summed E-state index contributed by atoms with van der Waals surface area (Å²) in [6.45, 7) is -0.604. The second-order valence-electron chi connectivity index (χ2n) is 5.74. The number of hydrogen-bond donors (Lipinski definition) is 3. The maximum absolute atomic E-state index is 13.6. The number of phenolic OH excluding ortho intramolecular Hbond substituents is 1. The van der Waals surface area contributed by atoms with Gasteiger partial charge < -0.3 is 15.7 Å². The normalized spacial score (nSPS) is 15.1. The highest BCUT2D eigenvalue weighted by atomic mass is 35.5. The highest BCUT2D eigenvalue weighted by Gasteiger charge is 2.35. The summed E-state index contributed by atoms with van der Waals surface area (Å²) in [7, 11) is 0. The third kappa shape index (κ3) is 4.08. The molecule has 0 aliphatic carbocycles. The summed E-state index contributed by atoms with van der Waals surface area (Å²) < 4.78 is 13.6. The Balaban J connectivity index is 1.75. The predicted molar refractivity (Wildman–Crippen MR) is 101 cm³/mol. The molecule has 4 amide bonds. The van der Waals surface area contributed by atoms with Gasteiger partial charge in [-0.05, 0) is 35.9 Å². The van der Waals surface area contributed by atoms with Crippen molar-refractivity contribution < 1.29 is 23.9 Å². The molecule has 0 saturated carbocycles. The monoisotopic (exact) mass is 423 g/mol. The van der Waals surface area contributed by atoms with E-state index in [1.807, 2.05) is 0 Å². The van der Waals surface area contributed by atoms with Crippen molar-refractivity contribution >= 4 is 52.8 Å². The molecule has 0 radical (unpaired) electrons. The van der Waals surface area contributed by atoms with Crippen LogP contribution in [-0.4, -0.2) is 34.4 Å². The number of carbonyl (C=O) groups excluding carboxylic acids is 3. The Kier molecular flexibility index (Phi) is 5.53. The standard InChI is InChI=1S/C18H12Cl2FN3O4/c19-10-5-9(6-11(20)16(10)26)7-14-17(27)24(18(28)23-14)8-15(25)22-13-4-2-1-3-12(13)21/h1-7,26H,8H2,(H,22,25)(H,23,28)/b14-7+. The molecule has 0 atom stereocenters. The van der Waals surface area contributed by atoms with Crippen molar-refractivity contribution in [1.82, 2.24) is 10.2 Å². The fraction of sp³-hybridized carbons (Fsp3) is 0.0556. The highest BCUT2D eigenvalue weighted by molar-refractivity contribution is 6.37. The van der Waals surface area contributed by atoms with Crippen LogP contribution in [0.3, 0.4) is 0 Å². The number of aromatic hydroxyl groups is 1. The smallest absolute Gasteiger partial charge is 0.329 e. The molecule has 2 aromatic rings. The average molecular weight is 424 g/mol. The van der Waals surface area contributed by atoms with Gasteiger partial charge in [0, 0.05) is 0 Å². The SMILES string of the molecule is O=C(CN1C(=O)N/C(=C/c2cc(Cl)c(O)c(Cl)c2)C1=O)Nc1ccccc1F. The number of anilines is 1. The predicted octanol–water partition coefficient (Wildman–Crippen LogP) is 3.37. The Morgan fingerprint density at radius 3 is 2.50 bits per heavy atom. The van der Waals surface area contributed by atoms with Crippen LogP contribution in [0.5, 0.6) is 5.75 Å². The number of carbonyl (C=O) groups is 3. The topological polar surface area (TPSA) is 98.7 Å². The van der Waals surface area contributed by atoms with Gasteiger partial charge in [-0.3, -0.25) is 9.59 Å². The zero-order valence-electron chi connectivity index (χ0n) is 14.0. The second-order valence-corrected chi connectivity index (χ2v) is 6.56. The lowest BCUT2D eigenvalue weighted by Gasteiger charge is -2.12. The molecule has 144 valence electrons. The first kappa shape index (κ1) is 19.7. The Morgan fingerprint density at radius 1 is 1.21 bits per heavy atom. The van der Waals surface area contributed by atoms with Crippen molar-refractivity contribution in [3.63, 3.8) is 0 Å². The van der Waals surface area contributed by atoms with Gasteiger partial charge >= 0.3 is 6.03 Å². The first-order chi connectivity index (χ1) is 13.3. The van der Waals surface area contributed by atoms with Gasteiger partial charge in [-0.25, -0.2) is 14.1 Å². The van der Waals surface area contributed by atoms with Gasteiger partial charge in [-0.2, -0.15) is 0 Å². The number of halogens is 3. The van der Waals surface area contributed by atoms with Crippen molar-refractivity contribution in [3.05, 3.63) is 63.5 Å². The molecular formula is C18H12Cl2FN3O4. The first-order valence-corrected chi connectivity index (χ1v) is 8.59.